The number of rotatable bonds is 3. The van der Waals surface area contributed by atoms with Crippen LogP contribution in [0.25, 0.3) is 10.9 Å². The number of nitrogens with one attached hydrogen (secondary N) is 2. The standard InChI is InChI=1S/C13H15BrN2O/c1-8(2)6-16-13(17)11-7-15-12-5-9(14)3-4-10(11)12/h3-5,7-8,15H,6H2,1-2H3,(H,16,17). The molecule has 0 saturated heterocycles. The summed E-state index contributed by atoms with van der Waals surface area (Å²) in [5, 5.41) is 3.87. The minimum Gasteiger partial charge on any atom is -0.360 e. The summed E-state index contributed by atoms with van der Waals surface area (Å²) >= 11 is 3.41. The van der Waals surface area contributed by atoms with Gasteiger partial charge in [-0.1, -0.05) is 35.8 Å². The maximum Gasteiger partial charge on any atom is 0.253 e. The molecule has 90 valence electrons. The first-order chi connectivity index (χ1) is 8.08. The maximum atomic E-state index is 12.0. The number of benzene rings is 1. The first-order valence-electron chi connectivity index (χ1n) is 5.62. The Morgan fingerprint density at radius 2 is 2.24 bits per heavy atom. The summed E-state index contributed by atoms with van der Waals surface area (Å²) in [6.45, 7) is 4.85. The molecule has 0 bridgehead atoms. The molecule has 2 aromatic rings. The van der Waals surface area contributed by atoms with Crippen molar-refractivity contribution in [1.82, 2.24) is 10.3 Å². The van der Waals surface area contributed by atoms with Gasteiger partial charge >= 0.3 is 0 Å². The van der Waals surface area contributed by atoms with Crippen LogP contribution >= 0.6 is 15.9 Å². The third-order valence-corrected chi connectivity index (χ3v) is 3.05. The first kappa shape index (κ1) is 12.2. The summed E-state index contributed by atoms with van der Waals surface area (Å²) in [4.78, 5) is 15.1. The average molecular weight is 295 g/mol. The lowest BCUT2D eigenvalue weighted by atomic mass is 10.1. The number of amides is 1. The van der Waals surface area contributed by atoms with Crippen molar-refractivity contribution in [3.63, 3.8) is 0 Å². The van der Waals surface area contributed by atoms with Crippen LogP contribution in [-0.4, -0.2) is 17.4 Å². The molecular weight excluding hydrogens is 280 g/mol. The van der Waals surface area contributed by atoms with E-state index in [0.717, 1.165) is 15.4 Å². The Balaban J connectivity index is 2.27. The van der Waals surface area contributed by atoms with Gasteiger partial charge < -0.3 is 10.3 Å². The molecule has 1 amide bonds. The molecule has 2 rings (SSSR count). The number of aromatic nitrogens is 1. The van der Waals surface area contributed by atoms with E-state index in [1.807, 2.05) is 18.2 Å². The molecule has 1 heterocycles. The number of H-pyrrole nitrogens is 1. The van der Waals surface area contributed by atoms with Crippen LogP contribution in [0.2, 0.25) is 0 Å². The van der Waals surface area contributed by atoms with Gasteiger partial charge in [-0.05, 0) is 18.1 Å². The van der Waals surface area contributed by atoms with Crippen LogP contribution in [0.1, 0.15) is 24.2 Å². The minimum atomic E-state index is -0.0210. The van der Waals surface area contributed by atoms with Gasteiger partial charge in [0.2, 0.25) is 0 Å². The normalized spacial score (nSPS) is 11.1. The van der Waals surface area contributed by atoms with E-state index in [1.54, 1.807) is 6.20 Å². The highest BCUT2D eigenvalue weighted by Gasteiger charge is 2.11. The summed E-state index contributed by atoms with van der Waals surface area (Å²) in [6.07, 6.45) is 1.76. The molecule has 0 saturated carbocycles. The molecule has 0 spiro atoms. The molecule has 1 aromatic heterocycles. The monoisotopic (exact) mass is 294 g/mol. The predicted molar refractivity (Wildman–Crippen MR) is 73.2 cm³/mol. The van der Waals surface area contributed by atoms with Gasteiger partial charge in [0.05, 0.1) is 5.56 Å². The molecule has 3 nitrogen and oxygen atoms in total. The van der Waals surface area contributed by atoms with Crippen LogP contribution < -0.4 is 5.32 Å². The molecule has 0 aliphatic heterocycles. The largest absolute Gasteiger partial charge is 0.360 e. The van der Waals surface area contributed by atoms with Crippen molar-refractivity contribution in [2.24, 2.45) is 5.92 Å². The fourth-order valence-electron chi connectivity index (χ4n) is 1.68. The number of carbonyl (C=O) groups excluding carboxylic acids is 1. The van der Waals surface area contributed by atoms with E-state index in [4.69, 9.17) is 0 Å². The fourth-order valence-corrected chi connectivity index (χ4v) is 2.04. The van der Waals surface area contributed by atoms with E-state index in [2.05, 4.69) is 40.1 Å². The highest BCUT2D eigenvalue weighted by atomic mass is 79.9. The van der Waals surface area contributed by atoms with Crippen LogP contribution in [0.3, 0.4) is 0 Å². The van der Waals surface area contributed by atoms with E-state index >= 15 is 0 Å². The second kappa shape index (κ2) is 4.92. The summed E-state index contributed by atoms with van der Waals surface area (Å²) in [5.74, 6) is 0.436. The zero-order chi connectivity index (χ0) is 12.4. The van der Waals surface area contributed by atoms with Gasteiger partial charge in [-0.3, -0.25) is 4.79 Å². The Kier molecular flexibility index (Phi) is 3.52. The van der Waals surface area contributed by atoms with Gasteiger partial charge in [-0.15, -0.1) is 0 Å². The van der Waals surface area contributed by atoms with Gasteiger partial charge in [-0.25, -0.2) is 0 Å². The van der Waals surface area contributed by atoms with Gasteiger partial charge in [-0.2, -0.15) is 0 Å². The number of carbonyl (C=O) groups is 1. The van der Waals surface area contributed by atoms with Crippen molar-refractivity contribution in [2.75, 3.05) is 6.54 Å². The SMILES string of the molecule is CC(C)CNC(=O)c1c[nH]c2cc(Br)ccc12. The van der Waals surface area contributed by atoms with Crippen LogP contribution in [0.15, 0.2) is 28.9 Å². The number of halogens is 1. The Hall–Kier alpha value is -1.29. The van der Waals surface area contributed by atoms with E-state index in [9.17, 15) is 4.79 Å². The molecular formula is C13H15BrN2O. The molecule has 0 unspecified atom stereocenters. The van der Waals surface area contributed by atoms with Crippen molar-refractivity contribution >= 4 is 32.7 Å². The zero-order valence-electron chi connectivity index (χ0n) is 9.88. The molecule has 0 fully saturated rings. The Morgan fingerprint density at radius 1 is 1.47 bits per heavy atom. The quantitative estimate of drug-likeness (QED) is 0.896. The Labute approximate surface area is 109 Å². The van der Waals surface area contributed by atoms with Gasteiger partial charge in [0.25, 0.3) is 5.91 Å². The molecule has 4 heteroatoms. The van der Waals surface area contributed by atoms with Crippen LogP contribution in [0.4, 0.5) is 0 Å². The van der Waals surface area contributed by atoms with Crippen molar-refractivity contribution in [2.45, 2.75) is 13.8 Å². The topological polar surface area (TPSA) is 44.9 Å². The lowest BCUT2D eigenvalue weighted by Crippen LogP contribution is -2.27. The van der Waals surface area contributed by atoms with E-state index in [1.165, 1.54) is 0 Å². The molecule has 0 radical (unpaired) electrons. The lowest BCUT2D eigenvalue weighted by molar-refractivity contribution is 0.0950. The average Bonchev–Trinajstić information content (AvgIpc) is 2.68. The first-order valence-corrected chi connectivity index (χ1v) is 6.42. The number of fused-ring (bicyclic) bond motifs is 1. The van der Waals surface area contributed by atoms with E-state index in [0.29, 0.717) is 18.0 Å². The molecule has 17 heavy (non-hydrogen) atoms. The Morgan fingerprint density at radius 3 is 2.94 bits per heavy atom. The molecule has 2 N–H and O–H groups in total. The molecule has 0 atom stereocenters. The summed E-state index contributed by atoms with van der Waals surface area (Å²) < 4.78 is 1.00. The van der Waals surface area contributed by atoms with Crippen molar-refractivity contribution < 1.29 is 4.79 Å². The highest BCUT2D eigenvalue weighted by Crippen LogP contribution is 2.22. The number of hydrogen-bond acceptors (Lipinski definition) is 1. The Bertz CT molecular complexity index is 545. The summed E-state index contributed by atoms with van der Waals surface area (Å²) in [6, 6.07) is 5.85. The van der Waals surface area contributed by atoms with Crippen molar-refractivity contribution in [3.8, 4) is 0 Å². The van der Waals surface area contributed by atoms with E-state index < -0.39 is 0 Å². The smallest absolute Gasteiger partial charge is 0.253 e. The van der Waals surface area contributed by atoms with Crippen LogP contribution in [0, 0.1) is 5.92 Å². The zero-order valence-corrected chi connectivity index (χ0v) is 11.5. The molecule has 0 aliphatic carbocycles. The van der Waals surface area contributed by atoms with Crippen molar-refractivity contribution in [1.29, 1.82) is 0 Å². The van der Waals surface area contributed by atoms with Gasteiger partial charge in [0.1, 0.15) is 0 Å². The third kappa shape index (κ3) is 2.69. The second-order valence-corrected chi connectivity index (χ2v) is 5.41. The minimum absolute atomic E-state index is 0.0210. The fraction of sp³-hybridized carbons (Fsp3) is 0.308. The summed E-state index contributed by atoms with van der Waals surface area (Å²) in [7, 11) is 0. The highest BCUT2D eigenvalue weighted by molar-refractivity contribution is 9.10. The second-order valence-electron chi connectivity index (χ2n) is 4.50. The lowest BCUT2D eigenvalue weighted by Gasteiger charge is -2.06. The third-order valence-electron chi connectivity index (χ3n) is 2.56. The summed E-state index contributed by atoms with van der Waals surface area (Å²) in [5.41, 5.74) is 1.67. The molecule has 1 aromatic carbocycles. The van der Waals surface area contributed by atoms with Crippen LogP contribution in [-0.2, 0) is 0 Å². The van der Waals surface area contributed by atoms with Gasteiger partial charge in [0, 0.05) is 28.1 Å². The van der Waals surface area contributed by atoms with Gasteiger partial charge in [0.15, 0.2) is 0 Å². The number of aromatic amines is 1. The maximum absolute atomic E-state index is 12.0. The van der Waals surface area contributed by atoms with Crippen molar-refractivity contribution in [3.05, 3.63) is 34.4 Å². The number of hydrogen-bond donors (Lipinski definition) is 2. The van der Waals surface area contributed by atoms with E-state index in [-0.39, 0.29) is 5.91 Å². The predicted octanol–water partition coefficient (Wildman–Crippen LogP) is 3.32. The van der Waals surface area contributed by atoms with Crippen LogP contribution in [0.5, 0.6) is 0 Å². The molecule has 0 aliphatic rings.